The maximum absolute atomic E-state index is 5.77. The number of hydrogen-bond donors (Lipinski definition) is 2. The average molecular weight is 236 g/mol. The molecule has 94 valence electrons. The summed E-state index contributed by atoms with van der Waals surface area (Å²) in [5.41, 5.74) is 6.36. The average Bonchev–Trinajstić information content (AvgIpc) is 2.18. The van der Waals surface area contributed by atoms with E-state index in [0.29, 0.717) is 18.4 Å². The Morgan fingerprint density at radius 2 is 2.18 bits per heavy atom. The first-order valence-corrected chi connectivity index (χ1v) is 5.62. The van der Waals surface area contributed by atoms with Gasteiger partial charge >= 0.3 is 0 Å². The van der Waals surface area contributed by atoms with Crippen molar-refractivity contribution in [1.82, 2.24) is 4.98 Å². The number of nitrogens with one attached hydrogen (secondary N) is 1. The number of hydrogen-bond acceptors (Lipinski definition) is 3. The Kier molecular flexibility index (Phi) is 4.31. The Morgan fingerprint density at radius 1 is 1.47 bits per heavy atom. The highest BCUT2D eigenvalue weighted by Gasteiger charge is 2.08. The van der Waals surface area contributed by atoms with Gasteiger partial charge in [-0.15, -0.1) is 0 Å². The predicted octanol–water partition coefficient (Wildman–Crippen LogP) is 2.01. The second-order valence-corrected chi connectivity index (χ2v) is 4.61. The van der Waals surface area contributed by atoms with Crippen LogP contribution in [0.4, 0.5) is 5.69 Å². The maximum Gasteiger partial charge on any atom is 0.213 e. The number of aromatic nitrogens is 1. The zero-order valence-corrected chi connectivity index (χ0v) is 10.8. The molecule has 17 heavy (non-hydrogen) atoms. The van der Waals surface area contributed by atoms with Gasteiger partial charge in [-0.05, 0) is 33.8 Å². The molecule has 1 aromatic heterocycles. The van der Waals surface area contributed by atoms with Crippen molar-refractivity contribution in [3.8, 4) is 5.88 Å². The van der Waals surface area contributed by atoms with Crippen LogP contribution in [-0.2, 0) is 0 Å². The van der Waals surface area contributed by atoms with Gasteiger partial charge in [-0.3, -0.25) is 0 Å². The van der Waals surface area contributed by atoms with Crippen molar-refractivity contribution in [3.05, 3.63) is 18.3 Å². The molecule has 0 atom stereocenters. The van der Waals surface area contributed by atoms with Crippen LogP contribution in [0.1, 0.15) is 27.7 Å². The molecule has 0 aliphatic heterocycles. The van der Waals surface area contributed by atoms with Gasteiger partial charge in [0.2, 0.25) is 5.88 Å². The molecule has 0 aromatic carbocycles. The number of nitrogens with zero attached hydrogens (tertiary/aromatic N) is 2. The number of anilines is 1. The highest BCUT2D eigenvalue weighted by Crippen LogP contribution is 2.12. The Balaban J connectivity index is 2.66. The molecule has 0 radical (unpaired) electrons. The van der Waals surface area contributed by atoms with Crippen molar-refractivity contribution in [1.29, 1.82) is 0 Å². The van der Waals surface area contributed by atoms with Crippen LogP contribution in [0.2, 0.25) is 0 Å². The van der Waals surface area contributed by atoms with Crippen molar-refractivity contribution < 1.29 is 4.74 Å². The summed E-state index contributed by atoms with van der Waals surface area (Å²) in [5.74, 6) is 0.979. The van der Waals surface area contributed by atoms with Crippen LogP contribution in [0.15, 0.2) is 23.3 Å². The predicted molar refractivity (Wildman–Crippen MR) is 70.4 cm³/mol. The fourth-order valence-electron chi connectivity index (χ4n) is 1.22. The van der Waals surface area contributed by atoms with E-state index in [0.717, 1.165) is 5.69 Å². The minimum Gasteiger partial charge on any atom is -0.478 e. The Morgan fingerprint density at radius 3 is 2.65 bits per heavy atom. The molecule has 1 rings (SSSR count). The molecule has 1 aromatic rings. The van der Waals surface area contributed by atoms with Gasteiger partial charge in [0.05, 0.1) is 24.0 Å². The van der Waals surface area contributed by atoms with Crippen LogP contribution in [0.25, 0.3) is 0 Å². The lowest BCUT2D eigenvalue weighted by Gasteiger charge is -2.14. The van der Waals surface area contributed by atoms with Gasteiger partial charge in [0.15, 0.2) is 5.96 Å². The molecule has 3 N–H and O–H groups in total. The number of ether oxygens (including phenoxy) is 1. The van der Waals surface area contributed by atoms with Crippen molar-refractivity contribution in [3.63, 3.8) is 0 Å². The van der Waals surface area contributed by atoms with Crippen LogP contribution >= 0.6 is 0 Å². The molecule has 5 heteroatoms. The molecule has 0 aliphatic carbocycles. The van der Waals surface area contributed by atoms with Gasteiger partial charge in [-0.25, -0.2) is 9.98 Å². The molecule has 0 aliphatic rings. The third kappa shape index (κ3) is 5.19. The minimum atomic E-state index is -0.199. The Hall–Kier alpha value is -1.78. The molecule has 0 saturated carbocycles. The molecule has 0 spiro atoms. The SMILES string of the molecule is CCOc1ccc(NC(N)=NC(C)(C)C)cn1. The number of nitrogens with two attached hydrogens (primary N) is 1. The van der Waals surface area contributed by atoms with Crippen molar-refractivity contribution in [2.45, 2.75) is 33.2 Å². The molecule has 0 unspecified atom stereocenters. The van der Waals surface area contributed by atoms with Gasteiger partial charge in [-0.1, -0.05) is 0 Å². The highest BCUT2D eigenvalue weighted by molar-refractivity contribution is 5.92. The Bertz CT molecular complexity index is 378. The monoisotopic (exact) mass is 236 g/mol. The van der Waals surface area contributed by atoms with E-state index < -0.39 is 0 Å². The van der Waals surface area contributed by atoms with Gasteiger partial charge in [-0.2, -0.15) is 0 Å². The molecule has 0 bridgehead atoms. The normalized spacial score (nSPS) is 12.4. The molecule has 0 amide bonds. The first-order valence-electron chi connectivity index (χ1n) is 5.62. The largest absolute Gasteiger partial charge is 0.478 e. The van der Waals surface area contributed by atoms with Crippen LogP contribution in [0, 0.1) is 0 Å². The van der Waals surface area contributed by atoms with E-state index in [1.807, 2.05) is 33.8 Å². The second-order valence-electron chi connectivity index (χ2n) is 4.61. The fourth-order valence-corrected chi connectivity index (χ4v) is 1.22. The van der Waals surface area contributed by atoms with E-state index in [1.54, 1.807) is 12.3 Å². The van der Waals surface area contributed by atoms with Crippen LogP contribution in [-0.4, -0.2) is 23.1 Å². The topological polar surface area (TPSA) is 72.5 Å². The lowest BCUT2D eigenvalue weighted by molar-refractivity contribution is 0.327. The standard InChI is InChI=1S/C12H20N4O/c1-5-17-10-7-6-9(8-14-10)15-11(13)16-12(2,3)4/h6-8H,5H2,1-4H3,(H3,13,15,16). The number of rotatable bonds is 3. The summed E-state index contributed by atoms with van der Waals surface area (Å²) in [6.07, 6.45) is 1.66. The Labute approximate surface area is 102 Å². The maximum atomic E-state index is 5.77. The van der Waals surface area contributed by atoms with Crippen LogP contribution < -0.4 is 15.8 Å². The minimum absolute atomic E-state index is 0.199. The fraction of sp³-hybridized carbons (Fsp3) is 0.500. The lowest BCUT2D eigenvalue weighted by Crippen LogP contribution is -2.27. The number of aliphatic imine (C=N–C) groups is 1. The molecule has 0 fully saturated rings. The van der Waals surface area contributed by atoms with Gasteiger partial charge in [0, 0.05) is 6.07 Å². The summed E-state index contributed by atoms with van der Waals surface area (Å²) in [6.45, 7) is 8.48. The molecule has 5 nitrogen and oxygen atoms in total. The third-order valence-corrected chi connectivity index (χ3v) is 1.76. The van der Waals surface area contributed by atoms with Crippen molar-refractivity contribution in [2.24, 2.45) is 10.7 Å². The van der Waals surface area contributed by atoms with E-state index in [2.05, 4.69) is 15.3 Å². The van der Waals surface area contributed by atoms with Gasteiger partial charge in [0.25, 0.3) is 0 Å². The van der Waals surface area contributed by atoms with Crippen LogP contribution in [0.5, 0.6) is 5.88 Å². The molecular formula is C12H20N4O. The molecule has 0 saturated heterocycles. The zero-order valence-electron chi connectivity index (χ0n) is 10.8. The molecule has 1 heterocycles. The lowest BCUT2D eigenvalue weighted by atomic mass is 10.1. The highest BCUT2D eigenvalue weighted by atomic mass is 16.5. The zero-order chi connectivity index (χ0) is 12.9. The summed E-state index contributed by atoms with van der Waals surface area (Å²) in [5, 5.41) is 2.98. The number of guanidine groups is 1. The summed E-state index contributed by atoms with van der Waals surface area (Å²) < 4.78 is 5.25. The summed E-state index contributed by atoms with van der Waals surface area (Å²) in [6, 6.07) is 3.64. The van der Waals surface area contributed by atoms with E-state index in [9.17, 15) is 0 Å². The number of pyridine rings is 1. The quantitative estimate of drug-likeness (QED) is 0.622. The van der Waals surface area contributed by atoms with E-state index >= 15 is 0 Å². The van der Waals surface area contributed by atoms with Crippen molar-refractivity contribution >= 4 is 11.6 Å². The summed E-state index contributed by atoms with van der Waals surface area (Å²) in [7, 11) is 0. The third-order valence-electron chi connectivity index (χ3n) is 1.76. The van der Waals surface area contributed by atoms with Crippen LogP contribution in [0.3, 0.4) is 0 Å². The second kappa shape index (κ2) is 5.52. The summed E-state index contributed by atoms with van der Waals surface area (Å²) in [4.78, 5) is 8.41. The first-order chi connectivity index (χ1) is 7.90. The van der Waals surface area contributed by atoms with Crippen molar-refractivity contribution in [2.75, 3.05) is 11.9 Å². The van der Waals surface area contributed by atoms with E-state index in [4.69, 9.17) is 10.5 Å². The summed E-state index contributed by atoms with van der Waals surface area (Å²) >= 11 is 0. The van der Waals surface area contributed by atoms with E-state index in [1.165, 1.54) is 0 Å². The van der Waals surface area contributed by atoms with E-state index in [-0.39, 0.29) is 5.54 Å². The van der Waals surface area contributed by atoms with Gasteiger partial charge in [0.1, 0.15) is 0 Å². The smallest absolute Gasteiger partial charge is 0.213 e. The van der Waals surface area contributed by atoms with Gasteiger partial charge < -0.3 is 15.8 Å². The first kappa shape index (κ1) is 13.3. The molecular weight excluding hydrogens is 216 g/mol.